The highest BCUT2D eigenvalue weighted by molar-refractivity contribution is 4.81. The van der Waals surface area contributed by atoms with Crippen LogP contribution in [0.25, 0.3) is 0 Å². The van der Waals surface area contributed by atoms with E-state index in [4.69, 9.17) is 5.84 Å². The van der Waals surface area contributed by atoms with Crippen molar-refractivity contribution in [2.24, 2.45) is 23.6 Å². The highest BCUT2D eigenvalue weighted by Crippen LogP contribution is 2.32. The Balaban J connectivity index is 2.39. The van der Waals surface area contributed by atoms with E-state index in [2.05, 4.69) is 26.2 Å². The second-order valence-electron chi connectivity index (χ2n) is 5.93. The molecular formula is C14H30N2. The van der Waals surface area contributed by atoms with E-state index in [0.717, 1.165) is 17.8 Å². The average Bonchev–Trinajstić information content (AvgIpc) is 2.26. The maximum atomic E-state index is 5.74. The van der Waals surface area contributed by atoms with Crippen LogP contribution in [0.5, 0.6) is 0 Å². The monoisotopic (exact) mass is 226 g/mol. The van der Waals surface area contributed by atoms with Crippen molar-refractivity contribution in [3.63, 3.8) is 0 Å². The lowest BCUT2D eigenvalue weighted by atomic mass is 9.76. The molecule has 0 aromatic heterocycles. The van der Waals surface area contributed by atoms with Crippen LogP contribution < -0.4 is 11.3 Å². The number of hydrogen-bond donors (Lipinski definition) is 2. The van der Waals surface area contributed by atoms with Crippen molar-refractivity contribution < 1.29 is 0 Å². The highest BCUT2D eigenvalue weighted by atomic mass is 15.2. The quantitative estimate of drug-likeness (QED) is 0.537. The van der Waals surface area contributed by atoms with Gasteiger partial charge >= 0.3 is 0 Å². The van der Waals surface area contributed by atoms with E-state index in [1.54, 1.807) is 0 Å². The van der Waals surface area contributed by atoms with Crippen LogP contribution in [0.1, 0.15) is 65.7 Å². The van der Waals surface area contributed by atoms with E-state index in [9.17, 15) is 0 Å². The van der Waals surface area contributed by atoms with E-state index in [0.29, 0.717) is 6.04 Å². The van der Waals surface area contributed by atoms with Crippen LogP contribution in [-0.4, -0.2) is 6.04 Å². The van der Waals surface area contributed by atoms with Gasteiger partial charge in [-0.3, -0.25) is 11.3 Å². The summed E-state index contributed by atoms with van der Waals surface area (Å²) in [5, 5.41) is 0. The Labute approximate surface area is 101 Å². The third-order valence-electron chi connectivity index (χ3n) is 4.20. The fourth-order valence-corrected chi connectivity index (χ4v) is 3.29. The predicted molar refractivity (Wildman–Crippen MR) is 70.9 cm³/mol. The van der Waals surface area contributed by atoms with Gasteiger partial charge in [0.25, 0.3) is 0 Å². The van der Waals surface area contributed by atoms with Gasteiger partial charge in [0.05, 0.1) is 0 Å². The zero-order chi connectivity index (χ0) is 12.0. The molecule has 0 bridgehead atoms. The van der Waals surface area contributed by atoms with Crippen LogP contribution in [0.15, 0.2) is 0 Å². The standard InChI is InChI=1S/C14H30N2/c1-4-6-11(2)10-14(16-15)13-8-5-7-12(3)9-13/h11-14,16H,4-10,15H2,1-3H3. The molecule has 0 spiro atoms. The summed E-state index contributed by atoms with van der Waals surface area (Å²) in [6, 6.07) is 0.546. The third-order valence-corrected chi connectivity index (χ3v) is 4.20. The molecule has 0 aromatic carbocycles. The molecular weight excluding hydrogens is 196 g/mol. The Kier molecular flexibility index (Phi) is 6.37. The Hall–Kier alpha value is -0.0800. The Morgan fingerprint density at radius 2 is 2.12 bits per heavy atom. The van der Waals surface area contributed by atoms with Crippen molar-refractivity contribution in [3.8, 4) is 0 Å². The molecule has 1 saturated carbocycles. The van der Waals surface area contributed by atoms with Gasteiger partial charge in [-0.15, -0.1) is 0 Å². The first-order valence-corrected chi connectivity index (χ1v) is 7.13. The van der Waals surface area contributed by atoms with Crippen molar-refractivity contribution in [2.75, 3.05) is 0 Å². The van der Waals surface area contributed by atoms with Crippen molar-refractivity contribution >= 4 is 0 Å². The molecule has 96 valence electrons. The largest absolute Gasteiger partial charge is 0.271 e. The predicted octanol–water partition coefficient (Wildman–Crippen LogP) is 3.47. The zero-order valence-electron chi connectivity index (χ0n) is 11.3. The molecule has 0 saturated heterocycles. The van der Waals surface area contributed by atoms with Crippen LogP contribution in [0.2, 0.25) is 0 Å². The summed E-state index contributed by atoms with van der Waals surface area (Å²) in [7, 11) is 0. The first kappa shape index (κ1) is 14.0. The van der Waals surface area contributed by atoms with Gasteiger partial charge in [-0.25, -0.2) is 0 Å². The normalized spacial score (nSPS) is 30.0. The van der Waals surface area contributed by atoms with E-state index in [-0.39, 0.29) is 0 Å². The van der Waals surface area contributed by atoms with Crippen molar-refractivity contribution in [3.05, 3.63) is 0 Å². The van der Waals surface area contributed by atoms with Gasteiger partial charge in [0, 0.05) is 6.04 Å². The molecule has 16 heavy (non-hydrogen) atoms. The SMILES string of the molecule is CCCC(C)CC(NN)C1CCCC(C)C1. The first-order valence-electron chi connectivity index (χ1n) is 7.13. The van der Waals surface area contributed by atoms with Crippen LogP contribution >= 0.6 is 0 Å². The smallest absolute Gasteiger partial charge is 0.0241 e. The van der Waals surface area contributed by atoms with E-state index in [1.165, 1.54) is 44.9 Å². The van der Waals surface area contributed by atoms with E-state index < -0.39 is 0 Å². The summed E-state index contributed by atoms with van der Waals surface area (Å²) < 4.78 is 0. The summed E-state index contributed by atoms with van der Waals surface area (Å²) in [6.07, 6.45) is 9.43. The minimum absolute atomic E-state index is 0.546. The maximum Gasteiger partial charge on any atom is 0.0241 e. The van der Waals surface area contributed by atoms with Crippen molar-refractivity contribution in [1.82, 2.24) is 5.43 Å². The number of nitrogens with one attached hydrogen (secondary N) is 1. The van der Waals surface area contributed by atoms with Gasteiger partial charge in [-0.1, -0.05) is 46.5 Å². The lowest BCUT2D eigenvalue weighted by Gasteiger charge is -2.34. The Bertz CT molecular complexity index is 182. The van der Waals surface area contributed by atoms with Gasteiger partial charge in [0.2, 0.25) is 0 Å². The van der Waals surface area contributed by atoms with Crippen LogP contribution in [0, 0.1) is 17.8 Å². The molecule has 3 N–H and O–H groups in total. The van der Waals surface area contributed by atoms with Crippen LogP contribution in [-0.2, 0) is 0 Å². The van der Waals surface area contributed by atoms with Gasteiger partial charge in [-0.2, -0.15) is 0 Å². The summed E-state index contributed by atoms with van der Waals surface area (Å²) in [4.78, 5) is 0. The minimum atomic E-state index is 0.546. The second kappa shape index (κ2) is 7.29. The summed E-state index contributed by atoms with van der Waals surface area (Å²) in [6.45, 7) is 7.01. The fraction of sp³-hybridized carbons (Fsp3) is 1.00. The van der Waals surface area contributed by atoms with Crippen molar-refractivity contribution in [1.29, 1.82) is 0 Å². The second-order valence-corrected chi connectivity index (χ2v) is 5.93. The number of rotatable bonds is 6. The summed E-state index contributed by atoms with van der Waals surface area (Å²) in [5.74, 6) is 8.26. The van der Waals surface area contributed by atoms with Crippen molar-refractivity contribution in [2.45, 2.75) is 71.8 Å². The molecule has 1 fully saturated rings. The number of nitrogens with two attached hydrogens (primary N) is 1. The lowest BCUT2D eigenvalue weighted by Crippen LogP contribution is -2.43. The molecule has 4 unspecified atom stereocenters. The topological polar surface area (TPSA) is 38.0 Å². The molecule has 0 radical (unpaired) electrons. The molecule has 4 atom stereocenters. The molecule has 2 heteroatoms. The molecule has 1 aliphatic rings. The van der Waals surface area contributed by atoms with Crippen LogP contribution in [0.3, 0.4) is 0 Å². The van der Waals surface area contributed by atoms with Crippen LogP contribution in [0.4, 0.5) is 0 Å². The highest BCUT2D eigenvalue weighted by Gasteiger charge is 2.26. The van der Waals surface area contributed by atoms with Gasteiger partial charge < -0.3 is 0 Å². The fourth-order valence-electron chi connectivity index (χ4n) is 3.29. The molecule has 0 aromatic rings. The molecule has 0 heterocycles. The molecule has 0 amide bonds. The molecule has 1 rings (SSSR count). The van der Waals surface area contributed by atoms with E-state index >= 15 is 0 Å². The minimum Gasteiger partial charge on any atom is -0.271 e. The lowest BCUT2D eigenvalue weighted by molar-refractivity contribution is 0.200. The first-order chi connectivity index (χ1) is 7.67. The summed E-state index contributed by atoms with van der Waals surface area (Å²) >= 11 is 0. The Morgan fingerprint density at radius 1 is 1.38 bits per heavy atom. The van der Waals surface area contributed by atoms with Gasteiger partial charge in [-0.05, 0) is 37.0 Å². The molecule has 2 nitrogen and oxygen atoms in total. The Morgan fingerprint density at radius 3 is 2.69 bits per heavy atom. The number of hydrogen-bond acceptors (Lipinski definition) is 2. The third kappa shape index (κ3) is 4.42. The average molecular weight is 226 g/mol. The number of hydrazine groups is 1. The summed E-state index contributed by atoms with van der Waals surface area (Å²) in [5.41, 5.74) is 3.08. The maximum absolute atomic E-state index is 5.74. The molecule has 0 aliphatic heterocycles. The zero-order valence-corrected chi connectivity index (χ0v) is 11.3. The van der Waals surface area contributed by atoms with E-state index in [1.807, 2.05) is 0 Å². The molecule has 1 aliphatic carbocycles. The van der Waals surface area contributed by atoms with Gasteiger partial charge in [0.15, 0.2) is 0 Å². The van der Waals surface area contributed by atoms with Gasteiger partial charge in [0.1, 0.15) is 0 Å².